The third-order valence-electron chi connectivity index (χ3n) is 3.56. The number of rotatable bonds is 4. The van der Waals surface area contributed by atoms with Gasteiger partial charge in [-0.3, -0.25) is 0 Å². The Labute approximate surface area is 129 Å². The number of benzene rings is 1. The van der Waals surface area contributed by atoms with E-state index in [1.165, 1.54) is 5.56 Å². The fraction of sp³-hybridized carbons (Fsp3) is 0.222. The van der Waals surface area contributed by atoms with Crippen LogP contribution in [0.4, 0.5) is 0 Å². The molecule has 0 N–H and O–H groups in total. The summed E-state index contributed by atoms with van der Waals surface area (Å²) in [6.45, 7) is 3.91. The van der Waals surface area contributed by atoms with Crippen LogP contribution in [0, 0.1) is 13.8 Å². The molecule has 2 aromatic heterocycles. The van der Waals surface area contributed by atoms with Crippen molar-refractivity contribution in [2.45, 2.75) is 26.2 Å². The second-order valence-corrected chi connectivity index (χ2v) is 5.72. The number of furan rings is 2. The van der Waals surface area contributed by atoms with Crippen LogP contribution in [0.15, 0.2) is 57.4 Å². The van der Waals surface area contributed by atoms with Crippen molar-refractivity contribution in [3.8, 4) is 0 Å². The van der Waals surface area contributed by atoms with E-state index in [9.17, 15) is 0 Å². The Morgan fingerprint density at radius 1 is 0.810 bits per heavy atom. The molecule has 2 nitrogen and oxygen atoms in total. The molecule has 108 valence electrons. The minimum atomic E-state index is 0.0774. The summed E-state index contributed by atoms with van der Waals surface area (Å²) < 4.78 is 11.6. The van der Waals surface area contributed by atoms with Crippen LogP contribution >= 0.6 is 11.6 Å². The normalized spacial score (nSPS) is 11.2. The van der Waals surface area contributed by atoms with E-state index in [2.05, 4.69) is 0 Å². The highest BCUT2D eigenvalue weighted by molar-refractivity contribution is 6.30. The second kappa shape index (κ2) is 5.82. The fourth-order valence-electron chi connectivity index (χ4n) is 2.48. The quantitative estimate of drug-likeness (QED) is 0.634. The van der Waals surface area contributed by atoms with E-state index in [1.54, 1.807) is 0 Å². The summed E-state index contributed by atoms with van der Waals surface area (Å²) in [5.41, 5.74) is 1.20. The predicted molar refractivity (Wildman–Crippen MR) is 83.9 cm³/mol. The maximum absolute atomic E-state index is 5.95. The molecule has 0 aliphatic carbocycles. The van der Waals surface area contributed by atoms with Crippen LogP contribution in [0.5, 0.6) is 0 Å². The lowest BCUT2D eigenvalue weighted by Crippen LogP contribution is -2.03. The van der Waals surface area contributed by atoms with Gasteiger partial charge in [-0.2, -0.15) is 0 Å². The first kappa shape index (κ1) is 14.0. The van der Waals surface area contributed by atoms with E-state index in [0.717, 1.165) is 34.5 Å². The minimum absolute atomic E-state index is 0.0774. The van der Waals surface area contributed by atoms with Gasteiger partial charge in [-0.1, -0.05) is 23.7 Å². The van der Waals surface area contributed by atoms with E-state index in [0.29, 0.717) is 0 Å². The Kier molecular flexibility index (Phi) is 3.89. The van der Waals surface area contributed by atoms with Gasteiger partial charge in [0.25, 0.3) is 0 Å². The molecule has 2 heterocycles. The summed E-state index contributed by atoms with van der Waals surface area (Å²) in [6.07, 6.45) is 0.817. The molecule has 0 atom stereocenters. The van der Waals surface area contributed by atoms with Crippen LogP contribution in [0.3, 0.4) is 0 Å². The Bertz CT molecular complexity index is 682. The first-order valence-corrected chi connectivity index (χ1v) is 7.37. The van der Waals surface area contributed by atoms with Crippen LogP contribution < -0.4 is 0 Å². The van der Waals surface area contributed by atoms with Gasteiger partial charge in [0.2, 0.25) is 0 Å². The molecule has 0 radical (unpaired) electrons. The van der Waals surface area contributed by atoms with Crippen molar-refractivity contribution in [2.75, 3.05) is 0 Å². The lowest BCUT2D eigenvalue weighted by Gasteiger charge is -2.12. The van der Waals surface area contributed by atoms with E-state index < -0.39 is 0 Å². The molecular weight excluding hydrogens is 284 g/mol. The smallest absolute Gasteiger partial charge is 0.115 e. The predicted octanol–water partition coefficient (Wildman–Crippen LogP) is 5.52. The third kappa shape index (κ3) is 3.22. The van der Waals surface area contributed by atoms with Crippen molar-refractivity contribution >= 4 is 11.6 Å². The molecule has 3 heteroatoms. The Morgan fingerprint density at radius 2 is 1.33 bits per heavy atom. The van der Waals surface area contributed by atoms with Gasteiger partial charge in [0.05, 0.1) is 5.92 Å². The molecule has 3 aromatic rings. The lowest BCUT2D eigenvalue weighted by atomic mass is 9.94. The van der Waals surface area contributed by atoms with Crippen molar-refractivity contribution < 1.29 is 8.83 Å². The molecule has 0 saturated carbocycles. The average Bonchev–Trinajstić information content (AvgIpc) is 3.07. The van der Waals surface area contributed by atoms with Gasteiger partial charge >= 0.3 is 0 Å². The highest BCUT2D eigenvalue weighted by Crippen LogP contribution is 2.31. The van der Waals surface area contributed by atoms with E-state index in [-0.39, 0.29) is 5.92 Å². The Balaban J connectivity index is 1.94. The molecule has 0 saturated heterocycles. The number of halogens is 1. The van der Waals surface area contributed by atoms with Crippen LogP contribution in [-0.4, -0.2) is 0 Å². The zero-order valence-corrected chi connectivity index (χ0v) is 12.9. The molecule has 21 heavy (non-hydrogen) atoms. The van der Waals surface area contributed by atoms with Crippen molar-refractivity contribution in [1.29, 1.82) is 0 Å². The molecular formula is C18H17ClO2. The van der Waals surface area contributed by atoms with Crippen LogP contribution in [0.25, 0.3) is 0 Å². The second-order valence-electron chi connectivity index (χ2n) is 5.28. The summed E-state index contributed by atoms with van der Waals surface area (Å²) >= 11 is 5.95. The average molecular weight is 301 g/mol. The first-order chi connectivity index (χ1) is 10.1. The van der Waals surface area contributed by atoms with Crippen molar-refractivity contribution in [3.63, 3.8) is 0 Å². The molecule has 3 rings (SSSR count). The molecule has 0 unspecified atom stereocenters. The van der Waals surface area contributed by atoms with E-state index in [4.69, 9.17) is 20.4 Å². The first-order valence-electron chi connectivity index (χ1n) is 6.99. The summed E-state index contributed by atoms with van der Waals surface area (Å²) in [5.74, 6) is 3.76. The summed E-state index contributed by atoms with van der Waals surface area (Å²) in [6, 6.07) is 15.9. The molecule has 0 aliphatic rings. The maximum atomic E-state index is 5.95. The fourth-order valence-corrected chi connectivity index (χ4v) is 2.60. The topological polar surface area (TPSA) is 26.3 Å². The maximum Gasteiger partial charge on any atom is 0.115 e. The number of hydrogen-bond acceptors (Lipinski definition) is 2. The highest BCUT2D eigenvalue weighted by Gasteiger charge is 2.21. The molecule has 0 aliphatic heterocycles. The third-order valence-corrected chi connectivity index (χ3v) is 3.81. The molecule has 0 amide bonds. The van der Waals surface area contributed by atoms with Gasteiger partial charge in [0.1, 0.15) is 23.0 Å². The zero-order chi connectivity index (χ0) is 14.8. The van der Waals surface area contributed by atoms with Gasteiger partial charge in [-0.25, -0.2) is 0 Å². The van der Waals surface area contributed by atoms with Gasteiger partial charge in [-0.05, 0) is 62.2 Å². The summed E-state index contributed by atoms with van der Waals surface area (Å²) in [4.78, 5) is 0. The highest BCUT2D eigenvalue weighted by atomic mass is 35.5. The SMILES string of the molecule is Cc1ccc(C(Cc2ccc(Cl)cc2)c2ccc(C)o2)o1. The molecule has 0 bridgehead atoms. The molecule has 1 aromatic carbocycles. The number of hydrogen-bond donors (Lipinski definition) is 0. The summed E-state index contributed by atoms with van der Waals surface area (Å²) in [7, 11) is 0. The minimum Gasteiger partial charge on any atom is -0.466 e. The van der Waals surface area contributed by atoms with Crippen molar-refractivity contribution in [1.82, 2.24) is 0 Å². The molecule has 0 spiro atoms. The van der Waals surface area contributed by atoms with E-state index in [1.807, 2.05) is 62.4 Å². The molecule has 0 fully saturated rings. The van der Waals surface area contributed by atoms with Crippen molar-refractivity contribution in [3.05, 3.63) is 82.2 Å². The van der Waals surface area contributed by atoms with Crippen molar-refractivity contribution in [2.24, 2.45) is 0 Å². The number of aryl methyl sites for hydroxylation is 2. The standard InChI is InChI=1S/C18H17ClO2/c1-12-3-9-17(20-12)16(18-10-4-13(2)21-18)11-14-5-7-15(19)8-6-14/h3-10,16H,11H2,1-2H3. The van der Waals surface area contributed by atoms with Crippen LogP contribution in [0.1, 0.15) is 34.5 Å². The summed E-state index contributed by atoms with van der Waals surface area (Å²) in [5, 5.41) is 0.748. The monoisotopic (exact) mass is 300 g/mol. The Morgan fingerprint density at radius 3 is 1.76 bits per heavy atom. The van der Waals surface area contributed by atoms with E-state index >= 15 is 0 Å². The zero-order valence-electron chi connectivity index (χ0n) is 12.1. The largest absolute Gasteiger partial charge is 0.466 e. The van der Waals surface area contributed by atoms with Gasteiger partial charge in [0, 0.05) is 5.02 Å². The van der Waals surface area contributed by atoms with Crippen LogP contribution in [0.2, 0.25) is 5.02 Å². The lowest BCUT2D eigenvalue weighted by molar-refractivity contribution is 0.406. The van der Waals surface area contributed by atoms with Crippen LogP contribution in [-0.2, 0) is 6.42 Å². The Hall–Kier alpha value is -1.93. The van der Waals surface area contributed by atoms with Gasteiger partial charge in [-0.15, -0.1) is 0 Å². The van der Waals surface area contributed by atoms with Gasteiger partial charge in [0.15, 0.2) is 0 Å². The van der Waals surface area contributed by atoms with Gasteiger partial charge < -0.3 is 8.83 Å².